The third-order valence-corrected chi connectivity index (χ3v) is 11.9. The van der Waals surface area contributed by atoms with Gasteiger partial charge in [0.15, 0.2) is 10.8 Å². The Hall–Kier alpha value is -5.72. The van der Waals surface area contributed by atoms with E-state index in [2.05, 4.69) is 73.1 Å². The van der Waals surface area contributed by atoms with Gasteiger partial charge in [0.25, 0.3) is 11.8 Å². The Bertz CT molecular complexity index is 2130. The van der Waals surface area contributed by atoms with E-state index in [1.54, 1.807) is 5.38 Å². The predicted octanol–water partition coefficient (Wildman–Crippen LogP) is 4.37. The smallest absolute Gasteiger partial charge is 0.352 e. The van der Waals surface area contributed by atoms with Gasteiger partial charge in [0, 0.05) is 22.9 Å². The first kappa shape index (κ1) is 37.6. The molecule has 2 amide bonds. The van der Waals surface area contributed by atoms with Gasteiger partial charge >= 0.3 is 5.97 Å². The maximum atomic E-state index is 13.8. The summed E-state index contributed by atoms with van der Waals surface area (Å²) in [7, 11) is 1.32. The Morgan fingerprint density at radius 2 is 1.64 bits per heavy atom. The van der Waals surface area contributed by atoms with Crippen molar-refractivity contribution in [3.05, 3.63) is 130 Å². The van der Waals surface area contributed by atoms with Crippen molar-refractivity contribution in [3.63, 3.8) is 0 Å². The van der Waals surface area contributed by atoms with E-state index in [9.17, 15) is 19.5 Å². The molecule has 55 heavy (non-hydrogen) atoms. The van der Waals surface area contributed by atoms with E-state index in [1.807, 2.05) is 68.4 Å². The number of anilines is 1. The minimum atomic E-state index is -1.24. The van der Waals surface area contributed by atoms with Gasteiger partial charge in [-0.05, 0) is 46.5 Å². The first-order valence-corrected chi connectivity index (χ1v) is 20.0. The van der Waals surface area contributed by atoms with Crippen molar-refractivity contribution >= 4 is 63.5 Å². The topological polar surface area (TPSA) is 189 Å². The van der Waals surface area contributed by atoms with Crippen LogP contribution in [-0.2, 0) is 24.8 Å². The molecule has 1 fully saturated rings. The third kappa shape index (κ3) is 7.52. The second-order valence-electron chi connectivity index (χ2n) is 12.7. The first-order chi connectivity index (χ1) is 26.7. The van der Waals surface area contributed by atoms with Crippen LogP contribution >= 0.6 is 34.9 Å². The molecule has 282 valence electrons. The molecule has 15 nitrogen and oxygen atoms in total. The largest absolute Gasteiger partial charge is 0.477 e. The van der Waals surface area contributed by atoms with Gasteiger partial charge in [-0.3, -0.25) is 14.5 Å². The zero-order chi connectivity index (χ0) is 38.5. The highest BCUT2D eigenvalue weighted by Crippen LogP contribution is 2.42. The molecule has 0 spiro atoms. The van der Waals surface area contributed by atoms with Gasteiger partial charge in [0.05, 0.1) is 0 Å². The number of carboxylic acids is 1. The van der Waals surface area contributed by atoms with Crippen molar-refractivity contribution in [3.8, 4) is 0 Å². The molecular formula is C37H36N10O5S3. The molecule has 3 aromatic carbocycles. The van der Waals surface area contributed by atoms with Crippen LogP contribution in [0.2, 0.25) is 0 Å². The number of aliphatic carboxylic acids is 1. The predicted molar refractivity (Wildman–Crippen MR) is 211 cm³/mol. The number of nitrogens with one attached hydrogen (secondary N) is 3. The van der Waals surface area contributed by atoms with E-state index in [1.165, 1.54) is 51.7 Å². The summed E-state index contributed by atoms with van der Waals surface area (Å²) in [5.41, 5.74) is 5.69. The summed E-state index contributed by atoms with van der Waals surface area (Å²) in [5, 5.41) is 34.3. The Morgan fingerprint density at radius 1 is 1.02 bits per heavy atom. The molecule has 5 aromatic rings. The van der Waals surface area contributed by atoms with Crippen molar-refractivity contribution in [2.75, 3.05) is 29.4 Å². The van der Waals surface area contributed by atoms with E-state index in [-0.39, 0.29) is 28.9 Å². The Labute approximate surface area is 328 Å². The maximum Gasteiger partial charge on any atom is 0.352 e. The van der Waals surface area contributed by atoms with E-state index < -0.39 is 34.7 Å². The van der Waals surface area contributed by atoms with Crippen molar-refractivity contribution in [2.24, 2.45) is 5.16 Å². The molecule has 0 radical (unpaired) electrons. The van der Waals surface area contributed by atoms with Gasteiger partial charge in [-0.15, -0.1) is 27.9 Å². The fourth-order valence-corrected chi connectivity index (χ4v) is 9.50. The van der Waals surface area contributed by atoms with Crippen molar-refractivity contribution < 1.29 is 24.3 Å². The zero-order valence-electron chi connectivity index (χ0n) is 29.8. The molecule has 0 aliphatic carbocycles. The lowest BCUT2D eigenvalue weighted by atomic mass is 9.77. The number of thioether (sulfide) groups is 2. The summed E-state index contributed by atoms with van der Waals surface area (Å²) in [6.07, 6.45) is 0. The van der Waals surface area contributed by atoms with Crippen molar-refractivity contribution in [1.82, 2.24) is 35.5 Å². The van der Waals surface area contributed by atoms with Gasteiger partial charge in [-0.1, -0.05) is 113 Å². The quantitative estimate of drug-likeness (QED) is 0.0385. The number of nitrogens with zero attached hydrogens (tertiary/aromatic N) is 7. The number of fused-ring (bicyclic) bond motifs is 1. The number of carbonyl (C=O) groups is 3. The van der Waals surface area contributed by atoms with Crippen LogP contribution in [0.1, 0.15) is 36.2 Å². The highest BCUT2D eigenvalue weighted by Gasteiger charge is 2.54. The molecule has 2 aliphatic rings. The summed E-state index contributed by atoms with van der Waals surface area (Å²) in [5.74, 6) is -1.91. The maximum absolute atomic E-state index is 13.8. The normalized spacial score (nSPS) is 17.1. The molecule has 18 heteroatoms. The van der Waals surface area contributed by atoms with E-state index in [0.29, 0.717) is 21.6 Å². The van der Waals surface area contributed by atoms with Crippen LogP contribution in [0.3, 0.4) is 0 Å². The van der Waals surface area contributed by atoms with E-state index in [0.717, 1.165) is 16.7 Å². The number of carboxylic acid groups (broad SMARTS) is 1. The van der Waals surface area contributed by atoms with Crippen LogP contribution in [0.5, 0.6) is 0 Å². The Balaban J connectivity index is 1.11. The molecular weight excluding hydrogens is 761 g/mol. The summed E-state index contributed by atoms with van der Waals surface area (Å²) < 4.78 is 0. The number of aromatic nitrogens is 5. The van der Waals surface area contributed by atoms with Gasteiger partial charge in [-0.2, -0.15) is 0 Å². The number of oxime groups is 1. The standard InChI is InChI=1S/C37H36N10O5S3/c1-22(2)42-47-36(41-44-45-47)55-20-23-19-53-33-29(32(49)46(33)30(23)34(50)51)39-31(48)28(43-52-3)27-21-54-35(38-27)40-37(24-13-7-4-8-14-24,25-15-9-5-10-16-25)26-17-11-6-12-18-26/h4-18,21-22,29,33,42H,19-20H2,1-3H3,(H,38,40)(H,39,48)(H,50,51)/b43-28+/t29-,33-/m1/s1. The number of hydrogen-bond donors (Lipinski definition) is 4. The number of β-lactam (4-membered cyclic amide) rings is 1. The number of rotatable bonds is 15. The summed E-state index contributed by atoms with van der Waals surface area (Å²) in [6.45, 7) is 3.88. The molecule has 1 saturated heterocycles. The van der Waals surface area contributed by atoms with Gasteiger partial charge in [-0.25, -0.2) is 9.78 Å². The molecule has 0 unspecified atom stereocenters. The highest BCUT2D eigenvalue weighted by molar-refractivity contribution is 8.01. The second kappa shape index (κ2) is 16.3. The number of carbonyl (C=O) groups excluding carboxylic acids is 2. The molecule has 2 atom stereocenters. The number of thiazole rings is 1. The summed E-state index contributed by atoms with van der Waals surface area (Å²) in [6, 6.07) is 29.2. The second-order valence-corrected chi connectivity index (χ2v) is 15.6. The fourth-order valence-electron chi connectivity index (χ4n) is 6.43. The van der Waals surface area contributed by atoms with Crippen molar-refractivity contribution in [1.29, 1.82) is 0 Å². The SMILES string of the molecule is CO/N=C(/C(=O)N[C@@H]1C(=O)N2C(C(=O)O)=C(CSc3nnnn3NC(C)C)CS[C@H]12)c1csc(NC(c2ccccc2)(c2ccccc2)c2ccccc2)n1. The number of benzene rings is 3. The summed E-state index contributed by atoms with van der Waals surface area (Å²) >= 11 is 3.90. The Kier molecular flexibility index (Phi) is 11.2. The molecule has 2 aromatic heterocycles. The fraction of sp³-hybridized carbons (Fsp3) is 0.243. The molecule has 4 N–H and O–H groups in total. The molecule has 2 aliphatic heterocycles. The first-order valence-electron chi connectivity index (χ1n) is 17.1. The number of hydrogen-bond acceptors (Lipinski definition) is 14. The number of amides is 2. The zero-order valence-corrected chi connectivity index (χ0v) is 32.3. The van der Waals surface area contributed by atoms with Crippen LogP contribution in [0.25, 0.3) is 0 Å². The van der Waals surface area contributed by atoms with Crippen LogP contribution < -0.4 is 16.1 Å². The van der Waals surface area contributed by atoms with Gasteiger partial charge in [0.2, 0.25) is 5.16 Å². The molecule has 7 rings (SSSR count). The van der Waals surface area contributed by atoms with Crippen LogP contribution in [0.4, 0.5) is 5.13 Å². The molecule has 0 saturated carbocycles. The van der Waals surface area contributed by atoms with Crippen LogP contribution in [-0.4, -0.2) is 94.9 Å². The van der Waals surface area contributed by atoms with Crippen LogP contribution in [0, 0.1) is 0 Å². The lowest BCUT2D eigenvalue weighted by molar-refractivity contribution is -0.150. The molecule has 0 bridgehead atoms. The third-order valence-electron chi connectivity index (χ3n) is 8.79. The minimum Gasteiger partial charge on any atom is -0.477 e. The average Bonchev–Trinajstić information content (AvgIpc) is 3.86. The van der Waals surface area contributed by atoms with Gasteiger partial charge < -0.3 is 26.0 Å². The lowest BCUT2D eigenvalue weighted by Gasteiger charge is -2.49. The van der Waals surface area contributed by atoms with E-state index in [4.69, 9.17) is 9.82 Å². The van der Waals surface area contributed by atoms with Crippen molar-refractivity contribution in [2.45, 2.75) is 42.0 Å². The lowest BCUT2D eigenvalue weighted by Crippen LogP contribution is -2.71. The Morgan fingerprint density at radius 3 is 2.20 bits per heavy atom. The average molecular weight is 797 g/mol. The minimum absolute atomic E-state index is 0.0653. The van der Waals surface area contributed by atoms with Gasteiger partial charge in [0.1, 0.15) is 35.5 Å². The monoisotopic (exact) mass is 796 g/mol. The molecule has 4 heterocycles. The van der Waals surface area contributed by atoms with Crippen LogP contribution in [0.15, 0.2) is 118 Å². The summed E-state index contributed by atoms with van der Waals surface area (Å²) in [4.78, 5) is 52.4. The number of tetrazole rings is 1. The van der Waals surface area contributed by atoms with E-state index >= 15 is 0 Å². The highest BCUT2D eigenvalue weighted by atomic mass is 32.2.